The molecule has 0 aromatic heterocycles. The zero-order chi connectivity index (χ0) is 39.2. The third-order valence-electron chi connectivity index (χ3n) is 8.01. The number of benzene rings is 2. The Kier molecular flexibility index (Phi) is 20.7. The number of methoxy groups -OCH3 is 1. The van der Waals surface area contributed by atoms with E-state index in [0.29, 0.717) is 43.7 Å². The van der Waals surface area contributed by atoms with Crippen molar-refractivity contribution >= 4 is 47.5 Å². The van der Waals surface area contributed by atoms with Crippen LogP contribution in [0.1, 0.15) is 62.6 Å². The number of amides is 4. The summed E-state index contributed by atoms with van der Waals surface area (Å²) >= 11 is 1.50. The maximum Gasteiger partial charge on any atom is 0.513 e. The van der Waals surface area contributed by atoms with E-state index in [9.17, 15) is 28.8 Å². The molecular formula is C38H55N5O9S. The predicted octanol–water partition coefficient (Wildman–Crippen LogP) is 2.97. The van der Waals surface area contributed by atoms with Gasteiger partial charge in [0.2, 0.25) is 23.6 Å². The Morgan fingerprint density at radius 1 is 0.849 bits per heavy atom. The van der Waals surface area contributed by atoms with Gasteiger partial charge in [-0.05, 0) is 79.4 Å². The van der Waals surface area contributed by atoms with Crippen molar-refractivity contribution < 1.29 is 43.0 Å². The molecule has 0 aliphatic rings. The van der Waals surface area contributed by atoms with Crippen molar-refractivity contribution in [2.75, 3.05) is 38.8 Å². The van der Waals surface area contributed by atoms with Crippen LogP contribution in [0.5, 0.6) is 5.75 Å². The van der Waals surface area contributed by atoms with Crippen LogP contribution in [0, 0.1) is 12.8 Å². The zero-order valence-electron chi connectivity index (χ0n) is 31.4. The molecule has 14 nitrogen and oxygen atoms in total. The Labute approximate surface area is 316 Å². The summed E-state index contributed by atoms with van der Waals surface area (Å²) in [4.78, 5) is 75.7. The average Bonchev–Trinajstić information content (AvgIpc) is 3.13. The first-order valence-electron chi connectivity index (χ1n) is 17.8. The average molecular weight is 758 g/mol. The van der Waals surface area contributed by atoms with Crippen molar-refractivity contribution in [2.45, 2.75) is 83.8 Å². The van der Waals surface area contributed by atoms with Crippen LogP contribution in [0.3, 0.4) is 0 Å². The summed E-state index contributed by atoms with van der Waals surface area (Å²) in [5.41, 5.74) is 8.60. The molecule has 2 rings (SSSR count). The van der Waals surface area contributed by atoms with Gasteiger partial charge in [0.05, 0.1) is 26.3 Å². The lowest BCUT2D eigenvalue weighted by molar-refractivity contribution is -0.140. The Morgan fingerprint density at radius 2 is 1.57 bits per heavy atom. The zero-order valence-corrected chi connectivity index (χ0v) is 32.2. The van der Waals surface area contributed by atoms with E-state index in [2.05, 4.69) is 26.0 Å². The van der Waals surface area contributed by atoms with Gasteiger partial charge < -0.3 is 41.2 Å². The molecule has 0 aliphatic carbocycles. The van der Waals surface area contributed by atoms with Crippen LogP contribution in [0.4, 0.5) is 4.79 Å². The maximum atomic E-state index is 13.2. The Balaban J connectivity index is 1.95. The molecule has 0 fully saturated rings. The number of nitrogens with one attached hydrogen (secondary N) is 4. The first-order chi connectivity index (χ1) is 25.3. The number of rotatable bonds is 23. The van der Waals surface area contributed by atoms with E-state index in [1.807, 2.05) is 50.4 Å². The van der Waals surface area contributed by atoms with Gasteiger partial charge in [-0.15, -0.1) is 0 Å². The number of unbranched alkanes of at least 4 members (excludes halogenated alkanes) is 2. The Bertz CT molecular complexity index is 1490. The highest BCUT2D eigenvalue weighted by Crippen LogP contribution is 2.19. The quantitative estimate of drug-likeness (QED) is 0.0634. The molecule has 15 heteroatoms. The van der Waals surface area contributed by atoms with E-state index in [4.69, 9.17) is 15.2 Å². The lowest BCUT2D eigenvalue weighted by atomic mass is 10.0. The number of thioether (sulfide) groups is 1. The molecular weight excluding hydrogens is 703 g/mol. The first kappa shape index (κ1) is 44.5. The minimum Gasteiger partial charge on any atom is -0.469 e. The highest BCUT2D eigenvalue weighted by molar-refractivity contribution is 7.98. The van der Waals surface area contributed by atoms with Gasteiger partial charge in [-0.25, -0.2) is 4.79 Å². The molecule has 292 valence electrons. The van der Waals surface area contributed by atoms with Crippen LogP contribution in [0.25, 0.3) is 0 Å². The van der Waals surface area contributed by atoms with Crippen molar-refractivity contribution in [1.29, 1.82) is 0 Å². The van der Waals surface area contributed by atoms with E-state index in [1.54, 1.807) is 25.1 Å². The fraction of sp³-hybridized carbons (Fsp3) is 0.526. The van der Waals surface area contributed by atoms with Crippen molar-refractivity contribution in [2.24, 2.45) is 11.7 Å². The van der Waals surface area contributed by atoms with Crippen LogP contribution in [0.2, 0.25) is 0 Å². The molecule has 3 atom stereocenters. The maximum absolute atomic E-state index is 13.2. The standard InChI is InChI=1S/C38H55N5O9S/c1-25(2)24-51-38(49)52-29-16-15-28(26(3)20-29)22-30(39)35(46)43-31(17-19-53-5)36(47)41-23-33(44)42-32(21-27-12-8-6-9-13-27)37(48)40-18-11-7-10-14-34(45)50-4/h6,8-9,12-13,15-16,20,25,30-32H,7,10-11,14,17-19,21-24,39H2,1-5H3,(H,40,48)(H,41,47)(H,42,44)(H,43,46)/t30?,31-,32+/m1/s1. The highest BCUT2D eigenvalue weighted by Gasteiger charge is 2.26. The summed E-state index contributed by atoms with van der Waals surface area (Å²) in [5, 5.41) is 10.9. The van der Waals surface area contributed by atoms with E-state index < -0.39 is 48.5 Å². The van der Waals surface area contributed by atoms with Crippen LogP contribution < -0.4 is 31.7 Å². The molecule has 0 saturated carbocycles. The minimum atomic E-state index is -0.991. The number of carbonyl (C=O) groups is 6. The second-order valence-electron chi connectivity index (χ2n) is 13.0. The molecule has 0 saturated heterocycles. The fourth-order valence-electron chi connectivity index (χ4n) is 5.04. The van der Waals surface area contributed by atoms with E-state index >= 15 is 0 Å². The monoisotopic (exact) mass is 757 g/mol. The molecule has 0 heterocycles. The smallest absolute Gasteiger partial charge is 0.469 e. The Morgan fingerprint density at radius 3 is 2.23 bits per heavy atom. The summed E-state index contributed by atoms with van der Waals surface area (Å²) in [5.74, 6) is -1.31. The van der Waals surface area contributed by atoms with E-state index in [1.165, 1.54) is 18.9 Å². The molecule has 1 unspecified atom stereocenters. The van der Waals surface area contributed by atoms with Gasteiger partial charge in [0, 0.05) is 19.4 Å². The number of hydrogen-bond acceptors (Lipinski definition) is 11. The van der Waals surface area contributed by atoms with Crippen LogP contribution in [-0.4, -0.2) is 92.7 Å². The van der Waals surface area contributed by atoms with Gasteiger partial charge >= 0.3 is 12.1 Å². The molecule has 0 radical (unpaired) electrons. The van der Waals surface area contributed by atoms with Gasteiger partial charge in [0.1, 0.15) is 17.8 Å². The minimum absolute atomic E-state index is 0.160. The van der Waals surface area contributed by atoms with Crippen LogP contribution >= 0.6 is 11.8 Å². The van der Waals surface area contributed by atoms with Crippen molar-refractivity contribution in [3.63, 3.8) is 0 Å². The number of nitrogens with two attached hydrogens (primary N) is 1. The highest BCUT2D eigenvalue weighted by atomic mass is 32.2. The number of ether oxygens (including phenoxy) is 3. The van der Waals surface area contributed by atoms with Gasteiger partial charge in [-0.1, -0.05) is 56.7 Å². The molecule has 2 aromatic rings. The summed E-state index contributed by atoms with van der Waals surface area (Å²) in [6.07, 6.45) is 4.07. The van der Waals surface area contributed by atoms with Crippen LogP contribution in [0.15, 0.2) is 48.5 Å². The third kappa shape index (κ3) is 18.1. The van der Waals surface area contributed by atoms with Crippen LogP contribution in [-0.2, 0) is 46.3 Å². The molecule has 0 bridgehead atoms. The largest absolute Gasteiger partial charge is 0.513 e. The summed E-state index contributed by atoms with van der Waals surface area (Å²) in [6.45, 7) is 5.82. The second-order valence-corrected chi connectivity index (χ2v) is 14.0. The molecule has 4 amide bonds. The van der Waals surface area contributed by atoms with Crippen molar-refractivity contribution in [3.8, 4) is 5.75 Å². The number of esters is 1. The van der Waals surface area contributed by atoms with Gasteiger partial charge in [-0.2, -0.15) is 11.8 Å². The number of aryl methyl sites for hydroxylation is 1. The second kappa shape index (κ2) is 24.6. The van der Waals surface area contributed by atoms with Gasteiger partial charge in [0.15, 0.2) is 0 Å². The predicted molar refractivity (Wildman–Crippen MR) is 203 cm³/mol. The van der Waals surface area contributed by atoms with Crippen molar-refractivity contribution in [3.05, 3.63) is 65.2 Å². The summed E-state index contributed by atoms with van der Waals surface area (Å²) in [7, 11) is 1.34. The number of carbonyl (C=O) groups excluding carboxylic acids is 6. The lowest BCUT2D eigenvalue weighted by Gasteiger charge is -2.22. The molecule has 53 heavy (non-hydrogen) atoms. The summed E-state index contributed by atoms with van der Waals surface area (Å²) in [6, 6.07) is 11.3. The SMILES string of the molecule is COC(=O)CCCCCNC(=O)[C@H](Cc1ccccc1)NC(=O)CNC(=O)[C@@H](CCSC)NC(=O)C(N)Cc1ccc(OC(=O)OCC(C)C)cc1C. The molecule has 0 aliphatic heterocycles. The number of hydrogen-bond donors (Lipinski definition) is 5. The molecule has 0 spiro atoms. The first-order valence-corrected chi connectivity index (χ1v) is 19.2. The van der Waals surface area contributed by atoms with Gasteiger partial charge in [-0.3, -0.25) is 24.0 Å². The van der Waals surface area contributed by atoms with Crippen molar-refractivity contribution in [1.82, 2.24) is 21.3 Å². The summed E-state index contributed by atoms with van der Waals surface area (Å²) < 4.78 is 14.9. The van der Waals surface area contributed by atoms with E-state index in [-0.39, 0.29) is 37.2 Å². The molecule has 6 N–H and O–H groups in total. The normalized spacial score (nSPS) is 12.5. The fourth-order valence-corrected chi connectivity index (χ4v) is 5.51. The third-order valence-corrected chi connectivity index (χ3v) is 8.66. The van der Waals surface area contributed by atoms with Gasteiger partial charge in [0.25, 0.3) is 0 Å². The molecule has 2 aromatic carbocycles. The van der Waals surface area contributed by atoms with E-state index in [0.717, 1.165) is 23.1 Å². The lowest BCUT2D eigenvalue weighted by Crippen LogP contribution is -2.54. The Hall–Kier alpha value is -4.63. The topological polar surface area (TPSA) is 204 Å².